The molecule has 6 nitrogen and oxygen atoms in total. The molecular formula is C34H49NO5. The third-order valence-corrected chi connectivity index (χ3v) is 8.86. The largest absolute Gasteiger partial charge is 0.592 e. The number of rotatable bonds is 15. The van der Waals surface area contributed by atoms with Crippen molar-refractivity contribution in [3.8, 4) is 11.5 Å². The van der Waals surface area contributed by atoms with Gasteiger partial charge in [0.1, 0.15) is 30.2 Å². The highest BCUT2D eigenvalue weighted by Crippen LogP contribution is 2.46. The maximum absolute atomic E-state index is 10.6. The lowest BCUT2D eigenvalue weighted by Gasteiger charge is -2.32. The van der Waals surface area contributed by atoms with Crippen LogP contribution < -0.4 is 4.74 Å². The van der Waals surface area contributed by atoms with E-state index in [-0.39, 0.29) is 23.2 Å². The number of nitrogens with zero attached hydrogens (tertiary/aromatic N) is 1. The van der Waals surface area contributed by atoms with Gasteiger partial charge in [-0.1, -0.05) is 57.3 Å². The highest BCUT2D eigenvalue weighted by Gasteiger charge is 2.46. The van der Waals surface area contributed by atoms with Gasteiger partial charge in [0.25, 0.3) is 0 Å². The molecule has 1 unspecified atom stereocenters. The first kappa shape index (κ1) is 30.4. The van der Waals surface area contributed by atoms with Crippen LogP contribution in [0, 0.1) is 23.7 Å². The number of phenols is 1. The van der Waals surface area contributed by atoms with Crippen LogP contribution in [-0.2, 0) is 11.2 Å². The number of benzene rings is 1. The van der Waals surface area contributed by atoms with Crippen molar-refractivity contribution in [3.63, 3.8) is 0 Å². The van der Waals surface area contributed by atoms with Crippen LogP contribution in [0.25, 0.3) is 0 Å². The number of allylic oxidation sites excluding steroid dienone is 2. The van der Waals surface area contributed by atoms with Crippen molar-refractivity contribution in [2.45, 2.75) is 116 Å². The molecular weight excluding hydrogens is 502 g/mol. The predicted molar refractivity (Wildman–Crippen MR) is 160 cm³/mol. The first-order valence-electron chi connectivity index (χ1n) is 15.4. The summed E-state index contributed by atoms with van der Waals surface area (Å²) in [5.74, 6) is 3.14. The first-order chi connectivity index (χ1) is 19.3. The monoisotopic (exact) mass is 551 g/mol. The third-order valence-electron chi connectivity index (χ3n) is 8.86. The number of unbranched alkanes of at least 4 members (excludes halogenated alkanes) is 1. The summed E-state index contributed by atoms with van der Waals surface area (Å²) >= 11 is 0. The van der Waals surface area contributed by atoms with Gasteiger partial charge < -0.3 is 24.8 Å². The number of hydrogen-bond acceptors (Lipinski definition) is 6. The van der Waals surface area contributed by atoms with Crippen LogP contribution >= 0.6 is 0 Å². The summed E-state index contributed by atoms with van der Waals surface area (Å²) < 4.78 is 12.5. The molecule has 1 aromatic carbocycles. The van der Waals surface area contributed by atoms with E-state index in [0.717, 1.165) is 68.4 Å². The first-order valence-corrected chi connectivity index (χ1v) is 15.4. The molecule has 0 bridgehead atoms. The number of hydrogen-bond donors (Lipinski definition) is 3. The molecule has 40 heavy (non-hydrogen) atoms. The van der Waals surface area contributed by atoms with Crippen LogP contribution in [0.5, 0.6) is 11.5 Å². The summed E-state index contributed by atoms with van der Waals surface area (Å²) in [7, 11) is 0. The normalized spacial score (nSPS) is 22.2. The Morgan fingerprint density at radius 2 is 1.95 bits per heavy atom. The maximum atomic E-state index is 10.6. The van der Waals surface area contributed by atoms with Crippen LogP contribution in [0.2, 0.25) is 0 Å². The Morgan fingerprint density at radius 3 is 2.70 bits per heavy atom. The summed E-state index contributed by atoms with van der Waals surface area (Å²) in [6, 6.07) is 5.67. The predicted octanol–water partition coefficient (Wildman–Crippen LogP) is 7.03. The zero-order valence-electron chi connectivity index (χ0n) is 24.6. The molecule has 0 aromatic heterocycles. The van der Waals surface area contributed by atoms with Gasteiger partial charge in [-0.3, -0.25) is 0 Å². The molecule has 1 saturated carbocycles. The van der Waals surface area contributed by atoms with Gasteiger partial charge in [0.15, 0.2) is 17.2 Å². The van der Waals surface area contributed by atoms with Crippen molar-refractivity contribution < 1.29 is 24.8 Å². The Kier molecular flexibility index (Phi) is 10.9. The molecule has 4 atom stereocenters. The van der Waals surface area contributed by atoms with Crippen molar-refractivity contribution in [2.75, 3.05) is 6.61 Å². The molecule has 0 spiro atoms. The van der Waals surface area contributed by atoms with Gasteiger partial charge in [-0.25, -0.2) is 0 Å². The lowest BCUT2D eigenvalue weighted by Crippen LogP contribution is -2.32. The van der Waals surface area contributed by atoms with Crippen molar-refractivity contribution in [2.24, 2.45) is 16.3 Å². The SMILES string of the molecule is CCCCC1[CH-]C=C(CCc2ccc(O)c(OCC3(C4=C[C+]([C@H](C)CC[C@H](O)[C@H](C)O)C=N4)CCCCC3)c2)O1. The topological polar surface area (TPSA) is 91.5 Å². The second-order valence-electron chi connectivity index (χ2n) is 12.1. The van der Waals surface area contributed by atoms with Gasteiger partial charge in [0, 0.05) is 12.0 Å². The average Bonchev–Trinajstić information content (AvgIpc) is 3.64. The Balaban J connectivity index is 1.36. The van der Waals surface area contributed by atoms with E-state index in [2.05, 4.69) is 32.4 Å². The molecule has 2 aliphatic heterocycles. The Labute approximate surface area is 241 Å². The van der Waals surface area contributed by atoms with Gasteiger partial charge in [0.05, 0.1) is 12.2 Å². The van der Waals surface area contributed by atoms with Crippen molar-refractivity contribution in [3.05, 3.63) is 59.7 Å². The molecule has 3 aliphatic rings. The smallest absolute Gasteiger partial charge is 0.184 e. The van der Waals surface area contributed by atoms with Crippen molar-refractivity contribution >= 4 is 6.21 Å². The lowest BCUT2D eigenvalue weighted by atomic mass is 9.72. The summed E-state index contributed by atoms with van der Waals surface area (Å²) in [6.07, 6.45) is 19.2. The van der Waals surface area contributed by atoms with E-state index >= 15 is 0 Å². The van der Waals surface area contributed by atoms with Gasteiger partial charge in [-0.2, -0.15) is 12.5 Å². The Bertz CT molecular complexity index is 1040. The number of ether oxygens (including phenoxy) is 2. The maximum Gasteiger partial charge on any atom is 0.184 e. The minimum atomic E-state index is -0.715. The summed E-state index contributed by atoms with van der Waals surface area (Å²) in [5.41, 5.74) is 2.01. The van der Waals surface area contributed by atoms with Crippen LogP contribution in [0.1, 0.15) is 97.0 Å². The molecule has 220 valence electrons. The van der Waals surface area contributed by atoms with E-state index in [9.17, 15) is 15.3 Å². The molecule has 4 rings (SSSR count). The summed E-state index contributed by atoms with van der Waals surface area (Å²) in [6.45, 7) is 6.46. The van der Waals surface area contributed by atoms with E-state index < -0.39 is 12.2 Å². The van der Waals surface area contributed by atoms with Gasteiger partial charge in [0.2, 0.25) is 0 Å². The van der Waals surface area contributed by atoms with E-state index in [0.29, 0.717) is 18.8 Å². The van der Waals surface area contributed by atoms with Crippen LogP contribution in [0.15, 0.2) is 46.8 Å². The fourth-order valence-corrected chi connectivity index (χ4v) is 5.97. The molecule has 1 aliphatic carbocycles. The minimum absolute atomic E-state index is 0.167. The number of aromatic hydroxyl groups is 1. The van der Waals surface area contributed by atoms with Gasteiger partial charge in [-0.05, 0) is 70.1 Å². The molecule has 0 saturated heterocycles. The molecule has 6 heteroatoms. The molecule has 0 radical (unpaired) electrons. The summed E-state index contributed by atoms with van der Waals surface area (Å²) in [4.78, 5) is 4.87. The number of aliphatic hydroxyl groups is 2. The van der Waals surface area contributed by atoms with Crippen molar-refractivity contribution in [1.29, 1.82) is 0 Å². The quantitative estimate of drug-likeness (QED) is 0.204. The van der Waals surface area contributed by atoms with E-state index in [1.807, 2.05) is 18.3 Å². The van der Waals surface area contributed by atoms with E-state index in [4.69, 9.17) is 14.5 Å². The average molecular weight is 552 g/mol. The molecule has 1 aromatic rings. The Morgan fingerprint density at radius 1 is 1.15 bits per heavy atom. The molecule has 3 N–H and O–H groups in total. The van der Waals surface area contributed by atoms with Gasteiger partial charge in [-0.15, -0.1) is 4.99 Å². The standard InChI is InChI=1S/C34H49NO5/c1-4-5-9-28-14-15-29(40-28)13-11-26-12-17-31(38)32(20-26)39-23-34(18-7-6-8-19-34)33-21-27(22-35-33)24(2)10-16-30(37)25(3)36/h12,14-15,17,20-22,24-25,28,30,36-38H,4-11,13,16,18-19,23H2,1-3H3/t24-,25+,28?,30+/m1/s1. The van der Waals surface area contributed by atoms with E-state index in [1.54, 1.807) is 13.0 Å². The summed E-state index contributed by atoms with van der Waals surface area (Å²) in [5, 5.41) is 30.2. The highest BCUT2D eigenvalue weighted by atomic mass is 16.5. The second-order valence-corrected chi connectivity index (χ2v) is 12.1. The number of aliphatic imine (C=N–C) groups is 1. The van der Waals surface area contributed by atoms with E-state index in [1.165, 1.54) is 25.2 Å². The number of aliphatic hydroxyl groups excluding tert-OH is 2. The fraction of sp³-hybridized carbons (Fsp3) is 0.618. The minimum Gasteiger partial charge on any atom is -0.592 e. The third kappa shape index (κ3) is 8.01. The lowest BCUT2D eigenvalue weighted by molar-refractivity contribution is 0.0233. The van der Waals surface area contributed by atoms with Crippen LogP contribution in [0.4, 0.5) is 0 Å². The molecule has 0 amide bonds. The van der Waals surface area contributed by atoms with Gasteiger partial charge >= 0.3 is 0 Å². The fourth-order valence-electron chi connectivity index (χ4n) is 5.97. The zero-order valence-corrected chi connectivity index (χ0v) is 24.6. The van der Waals surface area contributed by atoms with Crippen molar-refractivity contribution in [1.82, 2.24) is 0 Å². The molecule has 1 fully saturated rings. The van der Waals surface area contributed by atoms with Crippen LogP contribution in [0.3, 0.4) is 0 Å². The zero-order chi connectivity index (χ0) is 28.5. The Hall–Kier alpha value is -2.57. The second kappa shape index (κ2) is 14.4. The highest BCUT2D eigenvalue weighted by molar-refractivity contribution is 5.83. The number of aryl methyl sites for hydroxylation is 1. The molecule has 2 heterocycles. The van der Waals surface area contributed by atoms with Crippen LogP contribution in [-0.4, -0.2) is 46.5 Å². The number of phenolic OH excluding ortho intramolecular Hbond substituents is 1.